The van der Waals surface area contributed by atoms with Crippen LogP contribution in [0.4, 0.5) is 30.5 Å². The number of rotatable bonds is 4. The number of anilines is 2. The molecule has 3 rings (SSSR count). The predicted octanol–water partition coefficient (Wildman–Crippen LogP) is 4.83. The third kappa shape index (κ3) is 3.63. The summed E-state index contributed by atoms with van der Waals surface area (Å²) in [6.45, 7) is 0. The second-order valence-electron chi connectivity index (χ2n) is 5.91. The van der Waals surface area contributed by atoms with Gasteiger partial charge in [0.1, 0.15) is 0 Å². The van der Waals surface area contributed by atoms with E-state index in [9.17, 15) is 23.3 Å². The summed E-state index contributed by atoms with van der Waals surface area (Å²) in [5, 5.41) is 19.2. The Bertz CT molecular complexity index is 1050. The zero-order chi connectivity index (χ0) is 20.6. The van der Waals surface area contributed by atoms with Gasteiger partial charge in [-0.25, -0.2) is 0 Å². The van der Waals surface area contributed by atoms with Crippen LogP contribution in [-0.2, 0) is 13.2 Å². The van der Waals surface area contributed by atoms with Crippen LogP contribution in [0, 0.1) is 10.1 Å². The van der Waals surface area contributed by atoms with Crippen molar-refractivity contribution in [3.63, 3.8) is 0 Å². The number of aromatic nitrogens is 3. The van der Waals surface area contributed by atoms with Crippen LogP contribution in [-0.4, -0.2) is 26.7 Å². The van der Waals surface area contributed by atoms with Crippen LogP contribution in [0.5, 0.6) is 0 Å². The van der Waals surface area contributed by atoms with E-state index in [-0.39, 0.29) is 17.3 Å². The Morgan fingerprint density at radius 2 is 1.89 bits per heavy atom. The second kappa shape index (κ2) is 7.12. The van der Waals surface area contributed by atoms with Gasteiger partial charge in [-0.1, -0.05) is 17.7 Å². The topological polar surface area (TPSA) is 77.1 Å². The van der Waals surface area contributed by atoms with Crippen LogP contribution in [0.3, 0.4) is 0 Å². The van der Waals surface area contributed by atoms with Gasteiger partial charge >= 0.3 is 6.18 Å². The third-order valence-electron chi connectivity index (χ3n) is 4.11. The number of nitro groups is 1. The highest BCUT2D eigenvalue weighted by atomic mass is 35.5. The predicted molar refractivity (Wildman–Crippen MR) is 97.6 cm³/mol. The fourth-order valence-electron chi connectivity index (χ4n) is 2.72. The number of benzene rings is 2. The van der Waals surface area contributed by atoms with Crippen molar-refractivity contribution in [3.05, 3.63) is 63.2 Å². The SMILES string of the molecule is CN(c1cccc(Cl)c1)c1nnc(-c2ccc([N+](=O)[O-])cc2C(F)(F)F)n1C. The van der Waals surface area contributed by atoms with Crippen LogP contribution in [0.25, 0.3) is 11.4 Å². The van der Waals surface area contributed by atoms with E-state index in [0.717, 1.165) is 12.1 Å². The maximum atomic E-state index is 13.5. The molecule has 0 unspecified atom stereocenters. The van der Waals surface area contributed by atoms with E-state index in [1.807, 2.05) is 0 Å². The quantitative estimate of drug-likeness (QED) is 0.454. The molecular weight excluding hydrogens is 399 g/mol. The summed E-state index contributed by atoms with van der Waals surface area (Å²) in [5.41, 5.74) is -1.46. The minimum atomic E-state index is -4.80. The van der Waals surface area contributed by atoms with Crippen molar-refractivity contribution in [1.29, 1.82) is 0 Å². The number of nitrogens with zero attached hydrogens (tertiary/aromatic N) is 5. The monoisotopic (exact) mass is 411 g/mol. The van der Waals surface area contributed by atoms with Gasteiger partial charge in [-0.15, -0.1) is 10.2 Å². The van der Waals surface area contributed by atoms with Gasteiger partial charge in [0.25, 0.3) is 5.69 Å². The second-order valence-corrected chi connectivity index (χ2v) is 6.34. The molecule has 7 nitrogen and oxygen atoms in total. The lowest BCUT2D eigenvalue weighted by atomic mass is 10.1. The van der Waals surface area contributed by atoms with Gasteiger partial charge in [-0.2, -0.15) is 13.2 Å². The van der Waals surface area contributed by atoms with E-state index in [1.165, 1.54) is 11.6 Å². The molecule has 0 atom stereocenters. The maximum Gasteiger partial charge on any atom is 0.417 e. The van der Waals surface area contributed by atoms with Crippen molar-refractivity contribution in [3.8, 4) is 11.4 Å². The molecule has 3 aromatic rings. The Hall–Kier alpha value is -3.14. The zero-order valence-electron chi connectivity index (χ0n) is 14.6. The van der Waals surface area contributed by atoms with Gasteiger partial charge in [0, 0.05) is 42.5 Å². The first kappa shape index (κ1) is 19.6. The number of halogens is 4. The van der Waals surface area contributed by atoms with E-state index < -0.39 is 22.4 Å². The molecule has 0 fully saturated rings. The smallest absolute Gasteiger partial charge is 0.314 e. The van der Waals surface area contributed by atoms with Gasteiger partial charge in [-0.3, -0.25) is 14.7 Å². The molecule has 0 aliphatic rings. The largest absolute Gasteiger partial charge is 0.417 e. The van der Waals surface area contributed by atoms with Gasteiger partial charge in [0.15, 0.2) is 5.82 Å². The molecule has 2 aromatic carbocycles. The summed E-state index contributed by atoms with van der Waals surface area (Å²) in [6, 6.07) is 9.35. The van der Waals surface area contributed by atoms with Crippen LogP contribution in [0.2, 0.25) is 5.02 Å². The molecule has 0 N–H and O–H groups in total. The minimum absolute atomic E-state index is 0.0777. The molecule has 0 aliphatic carbocycles. The zero-order valence-corrected chi connectivity index (χ0v) is 15.4. The van der Waals surface area contributed by atoms with Crippen LogP contribution in [0.15, 0.2) is 42.5 Å². The van der Waals surface area contributed by atoms with Gasteiger partial charge in [-0.05, 0) is 24.3 Å². The highest BCUT2D eigenvalue weighted by Crippen LogP contribution is 2.39. The van der Waals surface area contributed by atoms with Crippen molar-refractivity contribution in [2.45, 2.75) is 6.18 Å². The van der Waals surface area contributed by atoms with E-state index in [4.69, 9.17) is 11.6 Å². The van der Waals surface area contributed by atoms with E-state index in [1.54, 1.807) is 36.2 Å². The molecule has 146 valence electrons. The Kier molecular flexibility index (Phi) is 4.99. The molecule has 11 heteroatoms. The van der Waals surface area contributed by atoms with Crippen molar-refractivity contribution in [2.24, 2.45) is 7.05 Å². The first-order valence-electron chi connectivity index (χ1n) is 7.84. The number of alkyl halides is 3. The highest BCUT2D eigenvalue weighted by molar-refractivity contribution is 6.30. The average Bonchev–Trinajstić information content (AvgIpc) is 3.01. The van der Waals surface area contributed by atoms with E-state index in [2.05, 4.69) is 10.2 Å². The molecule has 0 aliphatic heterocycles. The summed E-state index contributed by atoms with van der Waals surface area (Å²) in [6.07, 6.45) is -4.80. The summed E-state index contributed by atoms with van der Waals surface area (Å²) in [5.74, 6) is 0.190. The average molecular weight is 412 g/mol. The van der Waals surface area contributed by atoms with Crippen molar-refractivity contribution >= 4 is 28.9 Å². The Balaban J connectivity index is 2.10. The van der Waals surface area contributed by atoms with Crippen LogP contribution >= 0.6 is 11.6 Å². The summed E-state index contributed by atoms with van der Waals surface area (Å²) in [4.78, 5) is 11.6. The minimum Gasteiger partial charge on any atom is -0.314 e. The van der Waals surface area contributed by atoms with Gasteiger partial charge < -0.3 is 4.90 Å². The van der Waals surface area contributed by atoms with E-state index in [0.29, 0.717) is 16.8 Å². The Morgan fingerprint density at radius 3 is 2.50 bits per heavy atom. The third-order valence-corrected chi connectivity index (χ3v) is 4.34. The number of hydrogen-bond donors (Lipinski definition) is 0. The normalized spacial score (nSPS) is 11.5. The Morgan fingerprint density at radius 1 is 1.18 bits per heavy atom. The number of nitro benzene ring substituents is 1. The molecule has 0 bridgehead atoms. The van der Waals surface area contributed by atoms with Gasteiger partial charge in [0.05, 0.1) is 10.5 Å². The van der Waals surface area contributed by atoms with Gasteiger partial charge in [0.2, 0.25) is 5.95 Å². The van der Waals surface area contributed by atoms with Crippen molar-refractivity contribution in [2.75, 3.05) is 11.9 Å². The molecule has 0 radical (unpaired) electrons. The molecule has 1 heterocycles. The molecule has 0 saturated heterocycles. The molecule has 0 amide bonds. The highest BCUT2D eigenvalue weighted by Gasteiger charge is 2.36. The molecule has 0 spiro atoms. The lowest BCUT2D eigenvalue weighted by molar-refractivity contribution is -0.385. The number of hydrogen-bond acceptors (Lipinski definition) is 5. The summed E-state index contributed by atoms with van der Waals surface area (Å²) < 4.78 is 41.8. The first-order valence-corrected chi connectivity index (χ1v) is 8.22. The van der Waals surface area contributed by atoms with Crippen molar-refractivity contribution < 1.29 is 18.1 Å². The standard InChI is InChI=1S/C17H13ClF3N5O2/c1-24(11-5-3-4-10(18)8-11)16-23-22-15(25(16)2)13-7-6-12(26(27)28)9-14(13)17(19,20)21/h3-9H,1-2H3. The lowest BCUT2D eigenvalue weighted by Crippen LogP contribution is -2.15. The van der Waals surface area contributed by atoms with Crippen LogP contribution in [0.1, 0.15) is 5.56 Å². The van der Waals surface area contributed by atoms with Crippen LogP contribution < -0.4 is 4.90 Å². The van der Waals surface area contributed by atoms with Crippen molar-refractivity contribution in [1.82, 2.24) is 14.8 Å². The summed E-state index contributed by atoms with van der Waals surface area (Å²) in [7, 11) is 3.17. The fourth-order valence-corrected chi connectivity index (χ4v) is 2.91. The summed E-state index contributed by atoms with van der Waals surface area (Å²) >= 11 is 5.98. The Labute approximate surface area is 162 Å². The first-order chi connectivity index (χ1) is 13.1. The fraction of sp³-hybridized carbons (Fsp3) is 0.176. The maximum absolute atomic E-state index is 13.5. The molecule has 0 saturated carbocycles. The molecule has 28 heavy (non-hydrogen) atoms. The number of non-ortho nitro benzene ring substituents is 1. The molecular formula is C17H13ClF3N5O2. The lowest BCUT2D eigenvalue weighted by Gasteiger charge is -2.18. The molecule has 1 aromatic heterocycles. The van der Waals surface area contributed by atoms with E-state index >= 15 is 0 Å².